The molecule has 3 N–H and O–H groups in total. The number of hydrogen-bond acceptors (Lipinski definition) is 5. The summed E-state index contributed by atoms with van der Waals surface area (Å²) in [5, 5.41) is 7.12. The van der Waals surface area contributed by atoms with Gasteiger partial charge < -0.3 is 10.8 Å². The van der Waals surface area contributed by atoms with Crippen molar-refractivity contribution in [2.24, 2.45) is 5.73 Å². The first-order valence-corrected chi connectivity index (χ1v) is 5.65. The molecule has 0 saturated heterocycles. The molecule has 0 aromatic rings. The summed E-state index contributed by atoms with van der Waals surface area (Å²) in [7, 11) is 0. The number of alkyl halides is 3. The van der Waals surface area contributed by atoms with Gasteiger partial charge in [0.25, 0.3) is 11.8 Å². The first kappa shape index (κ1) is 18.8. The summed E-state index contributed by atoms with van der Waals surface area (Å²) >= 11 is 0. The number of Topliss-reactive ketones (excluding diaryl/α,β-unsaturated/α-hetero) is 1. The third-order valence-corrected chi connectivity index (χ3v) is 2.21. The molecule has 0 bridgehead atoms. The maximum Gasteiger partial charge on any atom is 0.490 e. The monoisotopic (exact) mass is 310 g/mol. The number of carbonyl (C=O) groups is 4. The second kappa shape index (κ2) is 8.15. The quantitative estimate of drug-likeness (QED) is 0.682. The number of nitrogens with zero attached hydrogens (tertiary/aromatic N) is 1. The molecule has 0 aliphatic carbocycles. The highest BCUT2D eigenvalue weighted by Gasteiger charge is 2.38. The van der Waals surface area contributed by atoms with Gasteiger partial charge in [-0.3, -0.25) is 19.3 Å². The first-order chi connectivity index (χ1) is 9.59. The highest BCUT2D eigenvalue weighted by atomic mass is 19.4. The normalized spacial score (nSPS) is 14.0. The summed E-state index contributed by atoms with van der Waals surface area (Å²) in [5.41, 5.74) is 5.11. The average Bonchev–Trinajstić information content (AvgIpc) is 2.69. The number of carboxylic acid groups (broad SMARTS) is 1. The third kappa shape index (κ3) is 7.20. The van der Waals surface area contributed by atoms with Crippen LogP contribution in [0.25, 0.3) is 0 Å². The van der Waals surface area contributed by atoms with E-state index in [1.807, 2.05) is 0 Å². The van der Waals surface area contributed by atoms with E-state index < -0.39 is 12.1 Å². The summed E-state index contributed by atoms with van der Waals surface area (Å²) in [5.74, 6) is -3.44. The number of aliphatic carboxylic acids is 1. The lowest BCUT2D eigenvalue weighted by Crippen LogP contribution is -2.31. The van der Waals surface area contributed by atoms with Gasteiger partial charge >= 0.3 is 12.1 Å². The van der Waals surface area contributed by atoms with Gasteiger partial charge in [0.1, 0.15) is 5.78 Å². The Morgan fingerprint density at radius 3 is 1.95 bits per heavy atom. The fourth-order valence-electron chi connectivity index (χ4n) is 1.19. The minimum atomic E-state index is -5.08. The molecule has 2 amide bonds. The zero-order chi connectivity index (χ0) is 16.6. The number of carbonyl (C=O) groups excluding carboxylic acids is 3. The van der Waals surface area contributed by atoms with Gasteiger partial charge in [-0.25, -0.2) is 4.79 Å². The van der Waals surface area contributed by atoms with Crippen LogP contribution >= 0.6 is 0 Å². The topological polar surface area (TPSA) is 118 Å². The molecule has 0 fully saturated rings. The van der Waals surface area contributed by atoms with Crippen LogP contribution in [0, 0.1) is 0 Å². The summed E-state index contributed by atoms with van der Waals surface area (Å²) < 4.78 is 31.7. The highest BCUT2D eigenvalue weighted by Crippen LogP contribution is 2.13. The van der Waals surface area contributed by atoms with Crippen molar-refractivity contribution < 1.29 is 37.5 Å². The number of imide groups is 1. The predicted molar refractivity (Wildman–Crippen MR) is 62.8 cm³/mol. The SMILES string of the molecule is NCC(=O)CCCN1C(=O)C=CC1=O.O=C(O)C(F)(F)F. The molecule has 1 rings (SSSR count). The molecule has 1 aliphatic rings. The summed E-state index contributed by atoms with van der Waals surface area (Å²) in [6, 6.07) is 0. The van der Waals surface area contributed by atoms with Crippen molar-refractivity contribution in [2.75, 3.05) is 13.1 Å². The van der Waals surface area contributed by atoms with E-state index in [2.05, 4.69) is 0 Å². The lowest BCUT2D eigenvalue weighted by molar-refractivity contribution is -0.192. The smallest absolute Gasteiger partial charge is 0.475 e. The Morgan fingerprint density at radius 1 is 1.19 bits per heavy atom. The molecule has 0 aromatic heterocycles. The van der Waals surface area contributed by atoms with Crippen molar-refractivity contribution >= 4 is 23.6 Å². The van der Waals surface area contributed by atoms with Crippen molar-refractivity contribution in [1.29, 1.82) is 0 Å². The summed E-state index contributed by atoms with van der Waals surface area (Å²) in [4.78, 5) is 42.9. The van der Waals surface area contributed by atoms with Crippen LogP contribution in [-0.4, -0.2) is 52.8 Å². The molecule has 0 aromatic carbocycles. The van der Waals surface area contributed by atoms with E-state index in [0.29, 0.717) is 12.8 Å². The van der Waals surface area contributed by atoms with Crippen molar-refractivity contribution in [1.82, 2.24) is 4.90 Å². The van der Waals surface area contributed by atoms with Crippen molar-refractivity contribution in [2.45, 2.75) is 19.0 Å². The Bertz CT molecular complexity index is 441. The van der Waals surface area contributed by atoms with Crippen LogP contribution in [0.5, 0.6) is 0 Å². The van der Waals surface area contributed by atoms with Crippen LogP contribution in [0.3, 0.4) is 0 Å². The van der Waals surface area contributed by atoms with Gasteiger partial charge in [0, 0.05) is 25.1 Å². The second-order valence-corrected chi connectivity index (χ2v) is 3.81. The molecule has 7 nitrogen and oxygen atoms in total. The number of nitrogens with two attached hydrogens (primary N) is 1. The molecule has 10 heteroatoms. The lowest BCUT2D eigenvalue weighted by Gasteiger charge is -2.12. The Balaban J connectivity index is 0.000000486. The average molecular weight is 310 g/mol. The molecule has 1 heterocycles. The molecule has 118 valence electrons. The number of rotatable bonds is 5. The fraction of sp³-hybridized carbons (Fsp3) is 0.455. The van der Waals surface area contributed by atoms with E-state index in [1.165, 1.54) is 12.2 Å². The third-order valence-electron chi connectivity index (χ3n) is 2.21. The molecular weight excluding hydrogens is 297 g/mol. The lowest BCUT2D eigenvalue weighted by atomic mass is 10.2. The molecule has 0 radical (unpaired) electrons. The largest absolute Gasteiger partial charge is 0.490 e. The van der Waals surface area contributed by atoms with Crippen LogP contribution in [0.2, 0.25) is 0 Å². The number of amides is 2. The molecule has 0 unspecified atom stereocenters. The summed E-state index contributed by atoms with van der Waals surface area (Å²) in [6.45, 7) is 0.302. The van der Waals surface area contributed by atoms with Crippen LogP contribution < -0.4 is 5.73 Å². The Labute approximate surface area is 117 Å². The van der Waals surface area contributed by atoms with E-state index in [9.17, 15) is 27.6 Å². The van der Waals surface area contributed by atoms with Crippen LogP contribution in [0.4, 0.5) is 13.2 Å². The van der Waals surface area contributed by atoms with E-state index in [4.69, 9.17) is 15.6 Å². The number of halogens is 3. The zero-order valence-corrected chi connectivity index (χ0v) is 10.7. The highest BCUT2D eigenvalue weighted by molar-refractivity contribution is 6.12. The van der Waals surface area contributed by atoms with Gasteiger partial charge in [0.05, 0.1) is 6.54 Å². The molecule has 0 saturated carbocycles. The Hall–Kier alpha value is -2.23. The minimum Gasteiger partial charge on any atom is -0.475 e. The van der Waals surface area contributed by atoms with Crippen LogP contribution in [-0.2, 0) is 19.2 Å². The van der Waals surface area contributed by atoms with Gasteiger partial charge in [-0.1, -0.05) is 0 Å². The van der Waals surface area contributed by atoms with E-state index in [0.717, 1.165) is 4.90 Å². The Kier molecular flexibility index (Phi) is 7.28. The first-order valence-electron chi connectivity index (χ1n) is 5.65. The van der Waals surface area contributed by atoms with Crippen molar-refractivity contribution in [3.63, 3.8) is 0 Å². The van der Waals surface area contributed by atoms with Gasteiger partial charge in [-0.15, -0.1) is 0 Å². The Morgan fingerprint density at radius 2 is 1.62 bits per heavy atom. The van der Waals surface area contributed by atoms with E-state index in [-0.39, 0.29) is 30.7 Å². The van der Waals surface area contributed by atoms with Crippen molar-refractivity contribution in [3.05, 3.63) is 12.2 Å². The maximum absolute atomic E-state index is 11.0. The van der Waals surface area contributed by atoms with E-state index >= 15 is 0 Å². The van der Waals surface area contributed by atoms with Gasteiger partial charge in [0.2, 0.25) is 0 Å². The molecule has 1 aliphatic heterocycles. The predicted octanol–water partition coefficient (Wildman–Crippen LogP) is -0.147. The second-order valence-electron chi connectivity index (χ2n) is 3.81. The molecular formula is C11H13F3N2O5. The van der Waals surface area contributed by atoms with E-state index in [1.54, 1.807) is 0 Å². The van der Waals surface area contributed by atoms with Gasteiger partial charge in [0.15, 0.2) is 0 Å². The molecule has 0 atom stereocenters. The molecule has 21 heavy (non-hydrogen) atoms. The standard InChI is InChI=1S/C9H12N2O3.C2HF3O2/c10-6-7(12)2-1-5-11-8(13)3-4-9(11)14;3-2(4,5)1(6)7/h3-4H,1-2,5-6,10H2;(H,6,7). The fourth-order valence-corrected chi connectivity index (χ4v) is 1.19. The number of ketones is 1. The number of hydrogen-bond donors (Lipinski definition) is 2. The van der Waals surface area contributed by atoms with Gasteiger partial charge in [-0.2, -0.15) is 13.2 Å². The number of carboxylic acids is 1. The van der Waals surface area contributed by atoms with Gasteiger partial charge in [-0.05, 0) is 6.42 Å². The maximum atomic E-state index is 11.0. The zero-order valence-electron chi connectivity index (χ0n) is 10.7. The van der Waals surface area contributed by atoms with Crippen LogP contribution in [0.15, 0.2) is 12.2 Å². The van der Waals surface area contributed by atoms with Crippen LogP contribution in [0.1, 0.15) is 12.8 Å². The summed E-state index contributed by atoms with van der Waals surface area (Å²) in [6.07, 6.45) is -1.83. The minimum absolute atomic E-state index is 0.0140. The molecule has 0 spiro atoms. The van der Waals surface area contributed by atoms with Crippen molar-refractivity contribution in [3.8, 4) is 0 Å².